The van der Waals surface area contributed by atoms with Crippen molar-refractivity contribution in [3.05, 3.63) is 141 Å². The van der Waals surface area contributed by atoms with Gasteiger partial charge in [0.25, 0.3) is 5.97 Å². The molecule has 4 atom stereocenters. The van der Waals surface area contributed by atoms with Crippen LogP contribution in [0.4, 0.5) is 0 Å². The Morgan fingerprint density at radius 3 is 1.18 bits per heavy atom. The fourth-order valence-electron chi connectivity index (χ4n) is 6.90. The number of allylic oxidation sites excluding steroid dienone is 10. The van der Waals surface area contributed by atoms with E-state index in [2.05, 4.69) is 141 Å². The molecule has 3 N–H and O–H groups in total. The number of carboxylic acid groups (broad SMARTS) is 1. The maximum Gasteiger partial charge on any atom is 0.300 e. The van der Waals surface area contributed by atoms with E-state index in [0.717, 1.165) is 42.1 Å². The van der Waals surface area contributed by atoms with Gasteiger partial charge in [-0.25, -0.2) is 0 Å². The Balaban J connectivity index is 0.00000199. The molecule has 0 spiro atoms. The number of benzene rings is 2. The largest absolute Gasteiger partial charge is 0.481 e. The molecule has 1 radical (unpaired) electrons. The average Bonchev–Trinajstić information content (AvgIpc) is 3.10. The maximum atomic E-state index is 13.9. The molecule has 2 aliphatic rings. The summed E-state index contributed by atoms with van der Waals surface area (Å²) in [5.41, 5.74) is 10.2. The average molecular weight is 788 g/mol. The summed E-state index contributed by atoms with van der Waals surface area (Å²) in [5.74, 6) is -0.614. The summed E-state index contributed by atoms with van der Waals surface area (Å²) in [4.78, 5) is 36.8. The first-order valence-electron chi connectivity index (χ1n) is 19.4. The number of carboxylic acids is 1. The minimum atomic E-state index is -0.833. The Morgan fingerprint density at radius 2 is 0.927 bits per heavy atom. The summed E-state index contributed by atoms with van der Waals surface area (Å²) in [6, 6.07) is 17.5. The molecule has 297 valence electrons. The van der Waals surface area contributed by atoms with Crippen LogP contribution < -0.4 is 10.6 Å². The van der Waals surface area contributed by atoms with Gasteiger partial charge < -0.3 is 15.7 Å². The zero-order chi connectivity index (χ0) is 40.5. The second-order valence-electron chi connectivity index (χ2n) is 16.8. The minimum absolute atomic E-state index is 0. The van der Waals surface area contributed by atoms with Gasteiger partial charge in [0, 0.05) is 82.6 Å². The van der Waals surface area contributed by atoms with Gasteiger partial charge in [0.2, 0.25) is 0 Å². The van der Waals surface area contributed by atoms with Crippen LogP contribution in [-0.4, -0.2) is 34.7 Å². The van der Waals surface area contributed by atoms with Gasteiger partial charge in [-0.15, -0.1) is 0 Å². The topological polar surface area (TPSA) is 95.5 Å². The van der Waals surface area contributed by atoms with Crippen LogP contribution >= 0.6 is 0 Å². The first-order valence-corrected chi connectivity index (χ1v) is 19.4. The molecular formula is C48H64MnN2O4. The summed E-state index contributed by atoms with van der Waals surface area (Å²) < 4.78 is 0. The molecule has 4 rings (SSSR count). The normalized spacial score (nSPS) is 18.3. The van der Waals surface area contributed by atoms with Crippen LogP contribution in [0.2, 0.25) is 0 Å². The fraction of sp³-hybridized carbons (Fsp3) is 0.438. The predicted octanol–water partition coefficient (Wildman–Crippen LogP) is 10.7. The molecule has 2 aromatic rings. The molecule has 7 heteroatoms. The molecule has 0 heterocycles. The Hall–Kier alpha value is -4.19. The second-order valence-corrected chi connectivity index (χ2v) is 16.8. The van der Waals surface area contributed by atoms with Gasteiger partial charge in [0.1, 0.15) is 0 Å². The Labute approximate surface area is 341 Å². The predicted molar refractivity (Wildman–Crippen MR) is 225 cm³/mol. The van der Waals surface area contributed by atoms with E-state index in [1.807, 2.05) is 38.4 Å². The second kappa shape index (κ2) is 20.1. The summed E-state index contributed by atoms with van der Waals surface area (Å²) in [7, 11) is 0. The number of nitrogens with one attached hydrogen (secondary N) is 2. The first-order chi connectivity index (χ1) is 25.2. The quantitative estimate of drug-likeness (QED) is 0.155. The summed E-state index contributed by atoms with van der Waals surface area (Å²) in [5, 5.41) is 14.3. The number of hydrogen-bond donors (Lipinski definition) is 3. The van der Waals surface area contributed by atoms with E-state index in [1.54, 1.807) is 0 Å². The van der Waals surface area contributed by atoms with Gasteiger partial charge in [-0.1, -0.05) is 116 Å². The van der Waals surface area contributed by atoms with Gasteiger partial charge in [-0.2, -0.15) is 0 Å². The summed E-state index contributed by atoms with van der Waals surface area (Å²) in [6.45, 7) is 26.9. The van der Waals surface area contributed by atoms with Crippen molar-refractivity contribution < 1.29 is 36.6 Å². The van der Waals surface area contributed by atoms with Crippen molar-refractivity contribution in [3.8, 4) is 0 Å². The summed E-state index contributed by atoms with van der Waals surface area (Å²) in [6.07, 6.45) is 13.3. The third-order valence-corrected chi connectivity index (χ3v) is 10.5. The maximum absolute atomic E-state index is 13.9. The molecular weight excluding hydrogens is 723 g/mol. The minimum Gasteiger partial charge on any atom is -0.481 e. The molecule has 0 saturated carbocycles. The van der Waals surface area contributed by atoms with Crippen molar-refractivity contribution >= 4 is 17.5 Å². The number of hydrogen-bond acceptors (Lipinski definition) is 5. The van der Waals surface area contributed by atoms with Crippen LogP contribution in [0.5, 0.6) is 0 Å². The van der Waals surface area contributed by atoms with E-state index in [-0.39, 0.29) is 63.4 Å². The summed E-state index contributed by atoms with van der Waals surface area (Å²) >= 11 is 0. The van der Waals surface area contributed by atoms with Crippen LogP contribution in [0, 0.1) is 0 Å². The first kappa shape index (κ1) is 47.0. The van der Waals surface area contributed by atoms with Crippen molar-refractivity contribution in [2.75, 3.05) is 0 Å². The van der Waals surface area contributed by atoms with Crippen LogP contribution in [0.15, 0.2) is 119 Å². The molecule has 0 amide bonds. The Bertz CT molecular complexity index is 1720. The number of aliphatic carboxylic acids is 1. The van der Waals surface area contributed by atoms with Crippen molar-refractivity contribution in [2.24, 2.45) is 0 Å². The van der Waals surface area contributed by atoms with E-state index in [4.69, 9.17) is 9.90 Å². The number of carbonyl (C=O) groups excluding carboxylic acids is 2. The van der Waals surface area contributed by atoms with E-state index >= 15 is 0 Å². The van der Waals surface area contributed by atoms with Crippen molar-refractivity contribution in [1.29, 1.82) is 0 Å². The number of rotatable bonds is 11. The van der Waals surface area contributed by atoms with Crippen LogP contribution in [0.1, 0.15) is 137 Å². The van der Waals surface area contributed by atoms with Crippen LogP contribution in [0.25, 0.3) is 0 Å². The molecule has 0 aromatic heterocycles. The molecule has 2 aromatic carbocycles. The smallest absolute Gasteiger partial charge is 0.300 e. The van der Waals surface area contributed by atoms with Gasteiger partial charge in [0.15, 0.2) is 11.6 Å². The zero-order valence-electron chi connectivity index (χ0n) is 35.4. The van der Waals surface area contributed by atoms with Crippen molar-refractivity contribution in [2.45, 2.75) is 138 Å². The van der Waals surface area contributed by atoms with E-state index in [9.17, 15) is 9.59 Å². The van der Waals surface area contributed by atoms with E-state index < -0.39 is 5.97 Å². The number of Topliss-reactive ketones (excluding diaryl/α,β-unsaturated/α-hetero) is 2. The standard InChI is InChI=1S/C46H60N2O2.C2H4O2.Mn/c1-13-39(33-19-23-37(24-20-33)45(7,8)9)41-29(3)15-17-35(43(41)49)27-47-31(5)32(6)48-28-36-18-16-30(4)42(44(36)50)40(14-2)34-21-25-38(26-22-34)46(10,11)12;1-2(3)4;/h15-28,31-32,39-40,47-48H,13-14H2,1-12H3;1H3,(H,3,4);/b35-27-,36-28-;;/t31-,32-,39+,40+;;/m0../s1. The molecule has 6 nitrogen and oxygen atoms in total. The van der Waals surface area contributed by atoms with Gasteiger partial charge in [-0.3, -0.25) is 14.4 Å². The molecule has 0 unspecified atom stereocenters. The van der Waals surface area contributed by atoms with E-state index in [0.29, 0.717) is 11.1 Å². The Kier molecular flexibility index (Phi) is 17.2. The Morgan fingerprint density at radius 1 is 0.636 bits per heavy atom. The molecule has 55 heavy (non-hydrogen) atoms. The molecule has 0 fully saturated rings. The SMILES string of the molecule is CC(=O)O.CC[C@@H](C1=C(C)C=C/C(=C/N[C@@H](C)[C@H](C)N/C=C2/C=CC(C)=C([C@H](CC)c3ccc(C(C)(C)C)cc3)C2=O)C1=O)c1ccc(C(C)(C)C)cc1.[Mn]. The number of carbonyl (C=O) groups is 3. The van der Waals surface area contributed by atoms with Crippen molar-refractivity contribution in [3.63, 3.8) is 0 Å². The molecule has 0 saturated heterocycles. The monoisotopic (exact) mass is 787 g/mol. The molecule has 0 aliphatic heterocycles. The number of ketones is 2. The van der Waals surface area contributed by atoms with E-state index in [1.165, 1.54) is 22.3 Å². The van der Waals surface area contributed by atoms with Gasteiger partial charge in [0.05, 0.1) is 0 Å². The zero-order valence-corrected chi connectivity index (χ0v) is 36.5. The van der Waals surface area contributed by atoms with Crippen molar-refractivity contribution in [1.82, 2.24) is 10.6 Å². The third kappa shape index (κ3) is 12.4. The van der Waals surface area contributed by atoms with Gasteiger partial charge >= 0.3 is 0 Å². The molecule has 0 bridgehead atoms. The van der Waals surface area contributed by atoms with Crippen LogP contribution in [-0.2, 0) is 42.3 Å². The van der Waals surface area contributed by atoms with Crippen LogP contribution in [0.3, 0.4) is 0 Å². The molecule has 2 aliphatic carbocycles. The van der Waals surface area contributed by atoms with Gasteiger partial charge in [-0.05, 0) is 96.9 Å². The third-order valence-electron chi connectivity index (χ3n) is 10.5. The fourth-order valence-corrected chi connectivity index (χ4v) is 6.90.